The molecule has 3 aromatic rings. The maximum atomic E-state index is 12.6. The van der Waals surface area contributed by atoms with Crippen LogP contribution in [0.5, 0.6) is 0 Å². The van der Waals surface area contributed by atoms with Crippen LogP contribution < -0.4 is 5.32 Å². The summed E-state index contributed by atoms with van der Waals surface area (Å²) in [4.78, 5) is 23.6. The molecule has 1 aromatic carbocycles. The molecule has 0 spiro atoms. The molecule has 2 N–H and O–H groups in total. The van der Waals surface area contributed by atoms with Crippen molar-refractivity contribution in [3.8, 4) is 0 Å². The summed E-state index contributed by atoms with van der Waals surface area (Å²) < 4.78 is 4.18. The van der Waals surface area contributed by atoms with E-state index in [0.717, 1.165) is 15.7 Å². The van der Waals surface area contributed by atoms with Gasteiger partial charge in [0, 0.05) is 10.7 Å². The number of rotatable bonds is 6. The summed E-state index contributed by atoms with van der Waals surface area (Å²) in [6, 6.07) is 8.67. The number of halogens is 1. The summed E-state index contributed by atoms with van der Waals surface area (Å²) >= 11 is 3.42. The van der Waals surface area contributed by atoms with Crippen molar-refractivity contribution in [3.63, 3.8) is 0 Å². The first-order valence-corrected chi connectivity index (χ1v) is 9.43. The topological polar surface area (TPSA) is 102 Å². The smallest absolute Gasteiger partial charge is 0.356 e. The Morgan fingerprint density at radius 3 is 2.46 bits per heavy atom. The average Bonchev–Trinajstić information content (AvgIpc) is 3.24. The number of carboxylic acid groups (broad SMARTS) is 1. The molecular formula is C19H20BrN5O3. The van der Waals surface area contributed by atoms with Crippen LogP contribution in [0.1, 0.15) is 40.4 Å². The van der Waals surface area contributed by atoms with Gasteiger partial charge in [-0.3, -0.25) is 14.2 Å². The van der Waals surface area contributed by atoms with Crippen LogP contribution in [0.4, 0.5) is 5.69 Å². The minimum absolute atomic E-state index is 0.102. The van der Waals surface area contributed by atoms with E-state index in [2.05, 4.69) is 31.4 Å². The van der Waals surface area contributed by atoms with Gasteiger partial charge in [0.15, 0.2) is 5.69 Å². The average molecular weight is 446 g/mol. The Bertz CT molecular complexity index is 1020. The molecule has 3 rings (SSSR count). The Labute approximate surface area is 170 Å². The van der Waals surface area contributed by atoms with E-state index in [1.807, 2.05) is 42.8 Å². The van der Waals surface area contributed by atoms with E-state index in [-0.39, 0.29) is 11.6 Å². The van der Waals surface area contributed by atoms with Crippen molar-refractivity contribution >= 4 is 33.5 Å². The Hall–Kier alpha value is -2.94. The number of anilines is 1. The number of aryl methyl sites for hydroxylation is 1. The molecule has 0 fully saturated rings. The van der Waals surface area contributed by atoms with Crippen LogP contribution in [0.2, 0.25) is 0 Å². The zero-order valence-corrected chi connectivity index (χ0v) is 17.3. The van der Waals surface area contributed by atoms with Gasteiger partial charge in [0.1, 0.15) is 6.04 Å². The van der Waals surface area contributed by atoms with E-state index >= 15 is 0 Å². The number of hydrogen-bond donors (Lipinski definition) is 2. The Morgan fingerprint density at radius 2 is 1.86 bits per heavy atom. The van der Waals surface area contributed by atoms with Gasteiger partial charge in [-0.15, -0.1) is 0 Å². The second-order valence-corrected chi connectivity index (χ2v) is 7.40. The molecule has 28 heavy (non-hydrogen) atoms. The van der Waals surface area contributed by atoms with Crippen molar-refractivity contribution < 1.29 is 14.7 Å². The molecule has 8 nitrogen and oxygen atoms in total. The van der Waals surface area contributed by atoms with Crippen LogP contribution in [0, 0.1) is 13.8 Å². The van der Waals surface area contributed by atoms with Gasteiger partial charge in [-0.05, 0) is 44.5 Å². The molecule has 0 aliphatic heterocycles. The summed E-state index contributed by atoms with van der Waals surface area (Å²) in [5.41, 5.74) is 3.20. The maximum Gasteiger partial charge on any atom is 0.356 e. The second-order valence-electron chi connectivity index (χ2n) is 6.48. The van der Waals surface area contributed by atoms with Gasteiger partial charge in [0.05, 0.1) is 23.6 Å². The van der Waals surface area contributed by atoms with E-state index < -0.39 is 12.0 Å². The standard InChI is InChI=1S/C19H20BrN5O3/c1-11-17(12(2)25(22-11)10-14-4-6-15(20)7-5-14)21-18(26)13(3)24-9-8-16(23-24)19(27)28/h4-9,13H,10H2,1-3H3,(H,21,26)(H,27,28). The molecule has 1 amide bonds. The first kappa shape index (κ1) is 19.8. The van der Waals surface area contributed by atoms with Gasteiger partial charge in [0.2, 0.25) is 5.91 Å². The first-order chi connectivity index (χ1) is 13.3. The first-order valence-electron chi connectivity index (χ1n) is 8.64. The van der Waals surface area contributed by atoms with Crippen molar-refractivity contribution in [2.45, 2.75) is 33.4 Å². The molecule has 0 aliphatic carbocycles. The summed E-state index contributed by atoms with van der Waals surface area (Å²) in [6.45, 7) is 5.98. The number of carboxylic acids is 1. The van der Waals surface area contributed by atoms with Crippen molar-refractivity contribution in [3.05, 3.63) is 63.6 Å². The van der Waals surface area contributed by atoms with Crippen LogP contribution >= 0.6 is 15.9 Å². The third-order valence-corrected chi connectivity index (χ3v) is 5.01. The number of hydrogen-bond acceptors (Lipinski definition) is 4. The van der Waals surface area contributed by atoms with Crippen LogP contribution in [0.25, 0.3) is 0 Å². The normalized spacial score (nSPS) is 12.0. The van der Waals surface area contributed by atoms with E-state index in [0.29, 0.717) is 17.9 Å². The fourth-order valence-electron chi connectivity index (χ4n) is 2.81. The Balaban J connectivity index is 1.76. The summed E-state index contributed by atoms with van der Waals surface area (Å²) in [7, 11) is 0. The molecule has 0 bridgehead atoms. The number of nitrogens with one attached hydrogen (secondary N) is 1. The molecule has 0 saturated carbocycles. The zero-order valence-electron chi connectivity index (χ0n) is 15.7. The van der Waals surface area contributed by atoms with Gasteiger partial charge in [-0.25, -0.2) is 4.79 Å². The number of amides is 1. The highest BCUT2D eigenvalue weighted by molar-refractivity contribution is 9.10. The number of nitrogens with zero attached hydrogens (tertiary/aromatic N) is 4. The minimum Gasteiger partial charge on any atom is -0.476 e. The van der Waals surface area contributed by atoms with Crippen molar-refractivity contribution in [2.24, 2.45) is 0 Å². The Morgan fingerprint density at radius 1 is 1.18 bits per heavy atom. The number of aromatic nitrogens is 4. The lowest BCUT2D eigenvalue weighted by Gasteiger charge is -2.13. The maximum absolute atomic E-state index is 12.6. The van der Waals surface area contributed by atoms with Crippen molar-refractivity contribution in [2.75, 3.05) is 5.32 Å². The minimum atomic E-state index is -1.13. The predicted octanol–water partition coefficient (Wildman–Crippen LogP) is 3.41. The fraction of sp³-hybridized carbons (Fsp3) is 0.263. The van der Waals surface area contributed by atoms with E-state index in [1.54, 1.807) is 6.92 Å². The van der Waals surface area contributed by atoms with Crippen molar-refractivity contribution in [1.82, 2.24) is 19.6 Å². The quantitative estimate of drug-likeness (QED) is 0.605. The summed E-state index contributed by atoms with van der Waals surface area (Å²) in [5.74, 6) is -1.43. The molecule has 9 heteroatoms. The third-order valence-electron chi connectivity index (χ3n) is 4.48. The van der Waals surface area contributed by atoms with E-state index in [9.17, 15) is 9.59 Å². The molecule has 146 valence electrons. The van der Waals surface area contributed by atoms with Gasteiger partial charge in [-0.2, -0.15) is 10.2 Å². The monoisotopic (exact) mass is 445 g/mol. The van der Waals surface area contributed by atoms with E-state index in [4.69, 9.17) is 5.11 Å². The van der Waals surface area contributed by atoms with Crippen LogP contribution in [0.15, 0.2) is 41.0 Å². The second kappa shape index (κ2) is 7.97. The zero-order chi connectivity index (χ0) is 20.4. The number of aromatic carboxylic acids is 1. The number of benzene rings is 1. The molecule has 2 aromatic heterocycles. The highest BCUT2D eigenvalue weighted by Gasteiger charge is 2.21. The van der Waals surface area contributed by atoms with Crippen LogP contribution in [-0.2, 0) is 11.3 Å². The molecular weight excluding hydrogens is 426 g/mol. The SMILES string of the molecule is Cc1nn(Cc2ccc(Br)cc2)c(C)c1NC(=O)C(C)n1ccc(C(=O)O)n1. The predicted molar refractivity (Wildman–Crippen MR) is 107 cm³/mol. The Kier molecular flexibility index (Phi) is 5.64. The summed E-state index contributed by atoms with van der Waals surface area (Å²) in [6.07, 6.45) is 1.48. The molecule has 0 radical (unpaired) electrons. The molecule has 1 unspecified atom stereocenters. The highest BCUT2D eigenvalue weighted by atomic mass is 79.9. The van der Waals surface area contributed by atoms with Gasteiger partial charge in [0.25, 0.3) is 0 Å². The van der Waals surface area contributed by atoms with Gasteiger partial charge in [-0.1, -0.05) is 28.1 Å². The van der Waals surface area contributed by atoms with Gasteiger partial charge < -0.3 is 10.4 Å². The molecule has 1 atom stereocenters. The number of carbonyl (C=O) groups excluding carboxylic acids is 1. The van der Waals surface area contributed by atoms with Crippen LogP contribution in [-0.4, -0.2) is 36.5 Å². The largest absolute Gasteiger partial charge is 0.476 e. The van der Waals surface area contributed by atoms with E-state index in [1.165, 1.54) is 16.9 Å². The third kappa shape index (κ3) is 4.14. The fourth-order valence-corrected chi connectivity index (χ4v) is 3.07. The molecule has 0 saturated heterocycles. The molecule has 2 heterocycles. The molecule has 0 aliphatic rings. The van der Waals surface area contributed by atoms with Crippen molar-refractivity contribution in [1.29, 1.82) is 0 Å². The summed E-state index contributed by atoms with van der Waals surface area (Å²) in [5, 5.41) is 20.3. The van der Waals surface area contributed by atoms with Gasteiger partial charge >= 0.3 is 5.97 Å². The lowest BCUT2D eigenvalue weighted by Crippen LogP contribution is -2.25. The number of carbonyl (C=O) groups is 2. The lowest BCUT2D eigenvalue weighted by atomic mass is 10.2. The highest BCUT2D eigenvalue weighted by Crippen LogP contribution is 2.22. The van der Waals surface area contributed by atoms with Crippen LogP contribution in [0.3, 0.4) is 0 Å². The lowest BCUT2D eigenvalue weighted by molar-refractivity contribution is -0.119.